The number of aromatic nitrogens is 2. The summed E-state index contributed by atoms with van der Waals surface area (Å²) in [6.45, 7) is 3.50. The summed E-state index contributed by atoms with van der Waals surface area (Å²) in [5.41, 5.74) is 1.52. The summed E-state index contributed by atoms with van der Waals surface area (Å²) < 4.78 is 20.9. The van der Waals surface area contributed by atoms with Crippen LogP contribution >= 0.6 is 11.6 Å². The molecule has 2 aromatic carbocycles. The maximum absolute atomic E-state index is 14.4. The molecule has 9 heteroatoms. The first kappa shape index (κ1) is 21.8. The Balaban J connectivity index is 1.66. The molecular weight excluding hydrogens is 435 g/mol. The van der Waals surface area contributed by atoms with Gasteiger partial charge in [0.15, 0.2) is 0 Å². The van der Waals surface area contributed by atoms with E-state index in [1.807, 2.05) is 0 Å². The molecule has 2 heterocycles. The summed E-state index contributed by atoms with van der Waals surface area (Å²) in [4.78, 5) is 28.6. The first-order valence-electron chi connectivity index (χ1n) is 10.3. The first-order chi connectivity index (χ1) is 15.5. The van der Waals surface area contributed by atoms with Crippen molar-refractivity contribution in [3.63, 3.8) is 0 Å². The molecule has 0 unspecified atom stereocenters. The van der Waals surface area contributed by atoms with Crippen LogP contribution in [0.15, 0.2) is 54.6 Å². The van der Waals surface area contributed by atoms with Crippen LogP contribution < -0.4 is 0 Å². The largest absolute Gasteiger partial charge is 0.450 e. The Morgan fingerprint density at radius 1 is 1.03 bits per heavy atom. The Bertz CT molecular complexity index is 1140. The van der Waals surface area contributed by atoms with E-state index in [2.05, 4.69) is 5.10 Å². The number of nitrogens with zero attached hydrogens (tertiary/aromatic N) is 4. The highest BCUT2D eigenvalue weighted by atomic mass is 35.5. The van der Waals surface area contributed by atoms with E-state index >= 15 is 0 Å². The Morgan fingerprint density at radius 2 is 1.75 bits per heavy atom. The summed E-state index contributed by atoms with van der Waals surface area (Å²) in [6.07, 6.45) is -0.384. The first-order valence-corrected chi connectivity index (χ1v) is 10.7. The molecule has 1 aromatic heterocycles. The molecule has 1 aliphatic rings. The van der Waals surface area contributed by atoms with Crippen molar-refractivity contribution < 1.29 is 18.7 Å². The van der Waals surface area contributed by atoms with Gasteiger partial charge in [0.1, 0.15) is 11.5 Å². The fourth-order valence-electron chi connectivity index (χ4n) is 3.61. The highest BCUT2D eigenvalue weighted by molar-refractivity contribution is 6.30. The van der Waals surface area contributed by atoms with Crippen molar-refractivity contribution in [3.8, 4) is 16.9 Å². The van der Waals surface area contributed by atoms with Crippen LogP contribution in [0.3, 0.4) is 0 Å². The molecule has 3 aromatic rings. The number of amides is 2. The van der Waals surface area contributed by atoms with Crippen molar-refractivity contribution in [3.05, 3.63) is 71.1 Å². The van der Waals surface area contributed by atoms with E-state index < -0.39 is 5.82 Å². The second-order valence-electron chi connectivity index (χ2n) is 7.26. The lowest BCUT2D eigenvalue weighted by Gasteiger charge is -2.34. The average Bonchev–Trinajstić information content (AvgIpc) is 3.24. The van der Waals surface area contributed by atoms with Gasteiger partial charge in [-0.3, -0.25) is 4.79 Å². The summed E-state index contributed by atoms with van der Waals surface area (Å²) in [5.74, 6) is -0.686. The van der Waals surface area contributed by atoms with Gasteiger partial charge < -0.3 is 14.5 Å². The van der Waals surface area contributed by atoms with Gasteiger partial charge in [-0.2, -0.15) is 5.10 Å². The Hall–Kier alpha value is -3.39. The zero-order valence-corrected chi connectivity index (χ0v) is 18.3. The minimum atomic E-state index is -0.426. The molecule has 2 amide bonds. The molecule has 7 nitrogen and oxygen atoms in total. The van der Waals surface area contributed by atoms with Gasteiger partial charge in [0, 0.05) is 36.8 Å². The van der Waals surface area contributed by atoms with Gasteiger partial charge >= 0.3 is 6.09 Å². The molecule has 1 aliphatic heterocycles. The summed E-state index contributed by atoms with van der Waals surface area (Å²) in [5, 5.41) is 5.01. The maximum Gasteiger partial charge on any atom is 0.409 e. The fraction of sp³-hybridized carbons (Fsp3) is 0.261. The van der Waals surface area contributed by atoms with Gasteiger partial charge in [0.05, 0.1) is 18.0 Å². The van der Waals surface area contributed by atoms with Crippen LogP contribution in [-0.4, -0.2) is 64.4 Å². The Labute approximate surface area is 189 Å². The van der Waals surface area contributed by atoms with Crippen LogP contribution in [-0.2, 0) is 4.74 Å². The van der Waals surface area contributed by atoms with Crippen molar-refractivity contribution in [1.29, 1.82) is 0 Å². The van der Waals surface area contributed by atoms with Crippen molar-refractivity contribution in [2.75, 3.05) is 32.8 Å². The molecule has 0 saturated carbocycles. The number of carbonyl (C=O) groups excluding carboxylic acids is 2. The van der Waals surface area contributed by atoms with Crippen LogP contribution in [0.4, 0.5) is 9.18 Å². The number of benzene rings is 2. The van der Waals surface area contributed by atoms with E-state index in [1.165, 1.54) is 10.7 Å². The molecule has 32 heavy (non-hydrogen) atoms. The monoisotopic (exact) mass is 456 g/mol. The second-order valence-corrected chi connectivity index (χ2v) is 7.70. The van der Waals surface area contributed by atoms with Gasteiger partial charge in [-0.25, -0.2) is 13.9 Å². The molecular formula is C23H22ClFN4O3. The van der Waals surface area contributed by atoms with Gasteiger partial charge in [-0.1, -0.05) is 29.8 Å². The third-order valence-corrected chi connectivity index (χ3v) is 5.46. The Morgan fingerprint density at radius 3 is 2.44 bits per heavy atom. The number of hydrogen-bond donors (Lipinski definition) is 0. The van der Waals surface area contributed by atoms with Crippen LogP contribution in [0.1, 0.15) is 17.4 Å². The molecule has 166 valence electrons. The maximum atomic E-state index is 14.4. The predicted octanol–water partition coefficient (Wildman–Crippen LogP) is 4.25. The molecule has 0 N–H and O–H groups in total. The lowest BCUT2D eigenvalue weighted by atomic mass is 10.1. The van der Waals surface area contributed by atoms with Crippen LogP contribution in [0, 0.1) is 5.82 Å². The number of carbonyl (C=O) groups is 2. The average molecular weight is 457 g/mol. The van der Waals surface area contributed by atoms with Crippen molar-refractivity contribution in [2.45, 2.75) is 6.92 Å². The molecule has 0 aliphatic carbocycles. The predicted molar refractivity (Wildman–Crippen MR) is 118 cm³/mol. The number of halogens is 2. The van der Waals surface area contributed by atoms with E-state index in [-0.39, 0.29) is 17.7 Å². The smallest absolute Gasteiger partial charge is 0.409 e. The number of piperazine rings is 1. The molecule has 0 spiro atoms. The van der Waals surface area contributed by atoms with Gasteiger partial charge in [-0.15, -0.1) is 0 Å². The molecule has 4 rings (SSSR count). The van der Waals surface area contributed by atoms with Gasteiger partial charge in [0.2, 0.25) is 0 Å². The topological polar surface area (TPSA) is 67.7 Å². The lowest BCUT2D eigenvalue weighted by Crippen LogP contribution is -2.51. The second kappa shape index (κ2) is 9.40. The summed E-state index contributed by atoms with van der Waals surface area (Å²) >= 11 is 6.15. The molecule has 1 fully saturated rings. The lowest BCUT2D eigenvalue weighted by molar-refractivity contribution is 0.0563. The quantitative estimate of drug-likeness (QED) is 0.588. The highest BCUT2D eigenvalue weighted by Crippen LogP contribution is 2.26. The van der Waals surface area contributed by atoms with E-state index in [0.717, 1.165) is 0 Å². The van der Waals surface area contributed by atoms with Crippen LogP contribution in [0.25, 0.3) is 16.9 Å². The highest BCUT2D eigenvalue weighted by Gasteiger charge is 2.28. The van der Waals surface area contributed by atoms with E-state index in [9.17, 15) is 14.0 Å². The summed E-state index contributed by atoms with van der Waals surface area (Å²) in [7, 11) is 0. The minimum Gasteiger partial charge on any atom is -0.450 e. The zero-order chi connectivity index (χ0) is 22.7. The Kier molecular flexibility index (Phi) is 6.41. The van der Waals surface area contributed by atoms with Crippen molar-refractivity contribution in [2.24, 2.45) is 0 Å². The van der Waals surface area contributed by atoms with Crippen LogP contribution in [0.5, 0.6) is 0 Å². The normalized spacial score (nSPS) is 13.8. The number of rotatable bonds is 4. The van der Waals surface area contributed by atoms with Gasteiger partial charge in [-0.05, 0) is 43.3 Å². The van der Waals surface area contributed by atoms with E-state index in [0.29, 0.717) is 54.8 Å². The van der Waals surface area contributed by atoms with Crippen molar-refractivity contribution in [1.82, 2.24) is 19.6 Å². The number of hydrogen-bond acceptors (Lipinski definition) is 4. The molecule has 1 saturated heterocycles. The minimum absolute atomic E-state index is 0.261. The SMILES string of the molecule is CCOC(=O)N1CCN(C(=O)c2cc(-c3ccccc3F)nn2-c2cccc(Cl)c2)CC1. The van der Waals surface area contributed by atoms with Crippen LogP contribution in [0.2, 0.25) is 5.02 Å². The third kappa shape index (κ3) is 4.45. The zero-order valence-electron chi connectivity index (χ0n) is 17.5. The molecule has 0 radical (unpaired) electrons. The fourth-order valence-corrected chi connectivity index (χ4v) is 3.79. The van der Waals surface area contributed by atoms with E-state index in [1.54, 1.807) is 65.3 Å². The molecule has 0 bridgehead atoms. The van der Waals surface area contributed by atoms with E-state index in [4.69, 9.17) is 16.3 Å². The summed E-state index contributed by atoms with van der Waals surface area (Å²) in [6, 6.07) is 14.8. The number of ether oxygens (including phenoxy) is 1. The third-order valence-electron chi connectivity index (χ3n) is 5.22. The van der Waals surface area contributed by atoms with Crippen molar-refractivity contribution >= 4 is 23.6 Å². The standard InChI is InChI=1S/C23H22ClFN4O3/c1-2-32-23(31)28-12-10-27(11-13-28)22(30)21-15-20(18-8-3-4-9-19(18)25)26-29(21)17-7-5-6-16(24)14-17/h3-9,14-15H,2,10-13H2,1H3. The van der Waals surface area contributed by atoms with Gasteiger partial charge in [0.25, 0.3) is 5.91 Å². The molecule has 0 atom stereocenters.